The molecule has 0 spiro atoms. The molecule has 0 amide bonds. The summed E-state index contributed by atoms with van der Waals surface area (Å²) in [6, 6.07) is 0. The SMILES string of the molecule is CCOC1CCN(Cc2nc(C(=O)[O-])co2)C1.[K+]. The summed E-state index contributed by atoms with van der Waals surface area (Å²) in [5.41, 5.74) is -0.152. The van der Waals surface area contributed by atoms with Gasteiger partial charge in [-0.15, -0.1) is 0 Å². The maximum Gasteiger partial charge on any atom is 1.00 e. The van der Waals surface area contributed by atoms with Gasteiger partial charge in [0.05, 0.1) is 18.6 Å². The van der Waals surface area contributed by atoms with E-state index < -0.39 is 5.97 Å². The van der Waals surface area contributed by atoms with Crippen LogP contribution in [-0.2, 0) is 11.3 Å². The van der Waals surface area contributed by atoms with Crippen LogP contribution in [0.25, 0.3) is 0 Å². The molecule has 0 aromatic carbocycles. The summed E-state index contributed by atoms with van der Waals surface area (Å²) >= 11 is 0. The average Bonchev–Trinajstić information content (AvgIpc) is 2.89. The molecule has 1 aliphatic heterocycles. The van der Waals surface area contributed by atoms with Crippen LogP contribution in [-0.4, -0.2) is 41.7 Å². The molecule has 94 valence electrons. The van der Waals surface area contributed by atoms with E-state index in [0.29, 0.717) is 19.0 Å². The molecule has 1 aromatic rings. The van der Waals surface area contributed by atoms with Gasteiger partial charge in [-0.1, -0.05) is 0 Å². The second kappa shape index (κ2) is 7.74. The van der Waals surface area contributed by atoms with Crippen molar-refractivity contribution in [3.63, 3.8) is 0 Å². The van der Waals surface area contributed by atoms with Crippen molar-refractivity contribution in [2.24, 2.45) is 0 Å². The number of nitrogens with zero attached hydrogens (tertiary/aromatic N) is 2. The first-order chi connectivity index (χ1) is 8.19. The Morgan fingerprint density at radius 3 is 3.11 bits per heavy atom. The van der Waals surface area contributed by atoms with Crippen molar-refractivity contribution >= 4 is 5.97 Å². The van der Waals surface area contributed by atoms with E-state index in [1.54, 1.807) is 0 Å². The van der Waals surface area contributed by atoms with Crippen molar-refractivity contribution in [2.75, 3.05) is 19.7 Å². The van der Waals surface area contributed by atoms with Crippen molar-refractivity contribution < 1.29 is 70.4 Å². The Morgan fingerprint density at radius 1 is 1.72 bits per heavy atom. The van der Waals surface area contributed by atoms with Gasteiger partial charge >= 0.3 is 51.4 Å². The van der Waals surface area contributed by atoms with Crippen LogP contribution in [0, 0.1) is 0 Å². The van der Waals surface area contributed by atoms with Gasteiger partial charge in [0.2, 0.25) is 5.89 Å². The van der Waals surface area contributed by atoms with Crippen LogP contribution in [0.1, 0.15) is 29.7 Å². The Kier molecular flexibility index (Phi) is 7.00. The maximum absolute atomic E-state index is 10.5. The van der Waals surface area contributed by atoms with Gasteiger partial charge in [0.25, 0.3) is 0 Å². The quantitative estimate of drug-likeness (QED) is 0.524. The number of carbonyl (C=O) groups is 1. The summed E-state index contributed by atoms with van der Waals surface area (Å²) in [5.74, 6) is -0.907. The van der Waals surface area contributed by atoms with Gasteiger partial charge in [0, 0.05) is 19.7 Å². The molecule has 0 saturated carbocycles. The van der Waals surface area contributed by atoms with Gasteiger partial charge in [0.15, 0.2) is 0 Å². The first-order valence-corrected chi connectivity index (χ1v) is 5.68. The predicted octanol–water partition coefficient (Wildman–Crippen LogP) is -3.35. The van der Waals surface area contributed by atoms with Gasteiger partial charge < -0.3 is 19.1 Å². The number of carbonyl (C=O) groups excluding carboxylic acids is 1. The molecule has 2 heterocycles. The molecule has 0 N–H and O–H groups in total. The number of aromatic nitrogens is 1. The Balaban J connectivity index is 0.00000162. The van der Waals surface area contributed by atoms with Gasteiger partial charge in [-0.2, -0.15) is 0 Å². The molecule has 1 aromatic heterocycles. The summed E-state index contributed by atoms with van der Waals surface area (Å²) in [6.07, 6.45) is 2.36. The zero-order chi connectivity index (χ0) is 12.3. The number of hydrogen-bond donors (Lipinski definition) is 0. The molecule has 6 nitrogen and oxygen atoms in total. The fourth-order valence-corrected chi connectivity index (χ4v) is 1.98. The summed E-state index contributed by atoms with van der Waals surface area (Å²) in [5, 5.41) is 10.5. The number of likely N-dealkylation sites (tertiary alicyclic amines) is 1. The van der Waals surface area contributed by atoms with Crippen LogP contribution in [0.2, 0.25) is 0 Å². The van der Waals surface area contributed by atoms with E-state index in [9.17, 15) is 9.90 Å². The van der Waals surface area contributed by atoms with Crippen LogP contribution < -0.4 is 56.5 Å². The molecule has 18 heavy (non-hydrogen) atoms. The molecular weight excluding hydrogens is 263 g/mol. The zero-order valence-electron chi connectivity index (χ0n) is 10.7. The molecule has 0 aliphatic carbocycles. The number of hydrogen-bond acceptors (Lipinski definition) is 6. The fourth-order valence-electron chi connectivity index (χ4n) is 1.98. The zero-order valence-corrected chi connectivity index (χ0v) is 13.8. The van der Waals surface area contributed by atoms with E-state index in [4.69, 9.17) is 9.15 Å². The number of carboxylic acids is 1. The minimum Gasteiger partial charge on any atom is -0.543 e. The Labute approximate surface area is 148 Å². The number of oxazole rings is 1. The molecule has 1 atom stereocenters. The Morgan fingerprint density at radius 2 is 2.50 bits per heavy atom. The number of ether oxygens (including phenoxy) is 1. The number of rotatable bonds is 5. The largest absolute Gasteiger partial charge is 1.00 e. The third kappa shape index (κ3) is 4.41. The third-order valence-corrected chi connectivity index (χ3v) is 2.75. The van der Waals surface area contributed by atoms with E-state index in [0.717, 1.165) is 25.8 Å². The second-order valence-electron chi connectivity index (χ2n) is 4.02. The second-order valence-corrected chi connectivity index (χ2v) is 4.02. The Hall–Kier alpha value is 0.236. The smallest absolute Gasteiger partial charge is 0.543 e. The standard InChI is InChI=1S/C11H16N2O4.K/c1-2-16-8-3-4-13(5-8)6-10-12-9(7-17-10)11(14)15;/h7-8H,2-6H2,1H3,(H,14,15);/q;+1/p-1. The number of carboxylic acid groups (broad SMARTS) is 1. The minimum atomic E-state index is -1.31. The topological polar surface area (TPSA) is 78.6 Å². The van der Waals surface area contributed by atoms with Crippen molar-refractivity contribution in [3.8, 4) is 0 Å². The van der Waals surface area contributed by atoms with Gasteiger partial charge in [0.1, 0.15) is 12.0 Å². The minimum absolute atomic E-state index is 0. The molecule has 1 unspecified atom stereocenters. The van der Waals surface area contributed by atoms with Crippen LogP contribution in [0.3, 0.4) is 0 Å². The van der Waals surface area contributed by atoms with E-state index in [-0.39, 0.29) is 63.2 Å². The van der Waals surface area contributed by atoms with Crippen molar-refractivity contribution in [2.45, 2.75) is 26.0 Å². The molecule has 1 aliphatic rings. The van der Waals surface area contributed by atoms with Gasteiger partial charge in [-0.3, -0.25) is 4.90 Å². The van der Waals surface area contributed by atoms with E-state index in [2.05, 4.69) is 9.88 Å². The molecule has 7 heteroatoms. The van der Waals surface area contributed by atoms with Crippen molar-refractivity contribution in [1.29, 1.82) is 0 Å². The fraction of sp³-hybridized carbons (Fsp3) is 0.636. The molecule has 0 bridgehead atoms. The summed E-state index contributed by atoms with van der Waals surface area (Å²) < 4.78 is 10.6. The molecular formula is C11H15KN2O4. The Bertz CT molecular complexity index is 396. The first-order valence-electron chi connectivity index (χ1n) is 5.68. The van der Waals surface area contributed by atoms with Crippen molar-refractivity contribution in [1.82, 2.24) is 9.88 Å². The van der Waals surface area contributed by atoms with Gasteiger partial charge in [-0.05, 0) is 13.3 Å². The number of aromatic carboxylic acids is 1. The van der Waals surface area contributed by atoms with Crippen molar-refractivity contribution in [3.05, 3.63) is 17.8 Å². The molecule has 1 fully saturated rings. The van der Waals surface area contributed by atoms with Crippen LogP contribution in [0.4, 0.5) is 0 Å². The molecule has 1 saturated heterocycles. The van der Waals surface area contributed by atoms with Crippen LogP contribution in [0.5, 0.6) is 0 Å². The molecule has 2 rings (SSSR count). The monoisotopic (exact) mass is 278 g/mol. The van der Waals surface area contributed by atoms with Crippen LogP contribution in [0.15, 0.2) is 10.7 Å². The van der Waals surface area contributed by atoms with E-state index in [1.807, 2.05) is 6.92 Å². The van der Waals surface area contributed by atoms with E-state index in [1.165, 1.54) is 0 Å². The third-order valence-electron chi connectivity index (χ3n) is 2.75. The maximum atomic E-state index is 10.5. The summed E-state index contributed by atoms with van der Waals surface area (Å²) in [6.45, 7) is 4.94. The normalized spacial score (nSPS) is 19.7. The summed E-state index contributed by atoms with van der Waals surface area (Å²) in [4.78, 5) is 16.5. The first kappa shape index (κ1) is 16.3. The average molecular weight is 278 g/mol. The molecule has 0 radical (unpaired) electrons. The van der Waals surface area contributed by atoms with Crippen LogP contribution >= 0.6 is 0 Å². The van der Waals surface area contributed by atoms with E-state index >= 15 is 0 Å². The van der Waals surface area contributed by atoms with Gasteiger partial charge in [-0.25, -0.2) is 4.98 Å². The summed E-state index contributed by atoms with van der Waals surface area (Å²) in [7, 11) is 0. The predicted molar refractivity (Wildman–Crippen MR) is 56.1 cm³/mol.